The third-order valence-corrected chi connectivity index (χ3v) is 4.64. The molecule has 2 aromatic heterocycles. The number of aromatic nitrogens is 2. The van der Waals surface area contributed by atoms with Gasteiger partial charge in [0, 0.05) is 12.3 Å². The molecule has 0 radical (unpaired) electrons. The first-order valence-corrected chi connectivity index (χ1v) is 9.27. The van der Waals surface area contributed by atoms with E-state index in [1.807, 2.05) is 13.8 Å². The van der Waals surface area contributed by atoms with Gasteiger partial charge in [0.1, 0.15) is 12.0 Å². The molecule has 0 amide bonds. The van der Waals surface area contributed by atoms with Crippen molar-refractivity contribution in [3.63, 3.8) is 0 Å². The summed E-state index contributed by atoms with van der Waals surface area (Å²) in [5, 5.41) is 3.24. The molecule has 0 N–H and O–H groups in total. The molecule has 0 aliphatic rings. The summed E-state index contributed by atoms with van der Waals surface area (Å²) < 4.78 is 5.09. The number of allylic oxidation sites excluding steroid dienone is 2. The highest BCUT2D eigenvalue weighted by molar-refractivity contribution is 7.09. The smallest absolute Gasteiger partial charge is 0.191 e. The standard InChI is InChI=1S/C10H15NO.C10H15NS/c2*1-7(2)8(3)5-10-6-12-9(4)11-10/h2*5-7H,1-4H3/b2*8-5+. The van der Waals surface area contributed by atoms with Gasteiger partial charge >= 0.3 is 0 Å². The maximum atomic E-state index is 5.09. The third-order valence-electron chi connectivity index (χ3n) is 3.85. The summed E-state index contributed by atoms with van der Waals surface area (Å²) in [5.41, 5.74) is 4.73. The number of rotatable bonds is 4. The lowest BCUT2D eigenvalue weighted by Crippen LogP contribution is -1.88. The molecular weight excluding hydrogens is 316 g/mol. The molecule has 2 heterocycles. The molecular formula is C20H30N2OS. The highest BCUT2D eigenvalue weighted by atomic mass is 32.1. The van der Waals surface area contributed by atoms with Gasteiger partial charge in [-0.25, -0.2) is 9.97 Å². The molecule has 132 valence electrons. The Hall–Kier alpha value is -1.68. The molecule has 0 aromatic carbocycles. The fourth-order valence-corrected chi connectivity index (χ4v) is 2.26. The van der Waals surface area contributed by atoms with Crippen molar-refractivity contribution < 1.29 is 4.42 Å². The minimum Gasteiger partial charge on any atom is -0.449 e. The zero-order chi connectivity index (χ0) is 18.3. The van der Waals surface area contributed by atoms with Crippen LogP contribution in [-0.4, -0.2) is 9.97 Å². The second-order valence-corrected chi connectivity index (χ2v) is 7.73. The van der Waals surface area contributed by atoms with Crippen LogP contribution in [0.3, 0.4) is 0 Å². The van der Waals surface area contributed by atoms with Crippen LogP contribution in [-0.2, 0) is 0 Å². The number of aryl methyl sites for hydroxylation is 2. The van der Waals surface area contributed by atoms with Crippen molar-refractivity contribution in [1.29, 1.82) is 0 Å². The summed E-state index contributed by atoms with van der Waals surface area (Å²) in [5.74, 6) is 1.91. The lowest BCUT2D eigenvalue weighted by molar-refractivity contribution is 0.521. The molecule has 3 nitrogen and oxygen atoms in total. The molecule has 24 heavy (non-hydrogen) atoms. The Morgan fingerprint density at radius 2 is 1.50 bits per heavy atom. The molecule has 0 spiro atoms. The lowest BCUT2D eigenvalue weighted by atomic mass is 10.0. The van der Waals surface area contributed by atoms with Gasteiger partial charge in [-0.1, -0.05) is 38.8 Å². The second kappa shape index (κ2) is 9.58. The molecule has 0 atom stereocenters. The SMILES string of the molecule is C/C(=C\c1coc(C)n1)C(C)C.C/C(=C\c1csc(C)n1)C(C)C. The fraction of sp³-hybridized carbons (Fsp3) is 0.500. The first-order valence-electron chi connectivity index (χ1n) is 8.39. The van der Waals surface area contributed by atoms with Gasteiger partial charge in [0.05, 0.1) is 10.7 Å². The van der Waals surface area contributed by atoms with Crippen LogP contribution < -0.4 is 0 Å². The molecule has 2 rings (SSSR count). The van der Waals surface area contributed by atoms with Crippen LogP contribution in [0.15, 0.2) is 27.2 Å². The number of thiazole rings is 1. The van der Waals surface area contributed by atoms with Crippen LogP contribution >= 0.6 is 11.3 Å². The predicted octanol–water partition coefficient (Wildman–Crippen LogP) is 6.55. The molecule has 4 heteroatoms. The number of hydrogen-bond acceptors (Lipinski definition) is 4. The lowest BCUT2D eigenvalue weighted by Gasteiger charge is -2.02. The summed E-state index contributed by atoms with van der Waals surface area (Å²) in [4.78, 5) is 8.57. The average molecular weight is 347 g/mol. The van der Waals surface area contributed by atoms with E-state index >= 15 is 0 Å². The molecule has 0 saturated heterocycles. The van der Waals surface area contributed by atoms with Crippen molar-refractivity contribution in [2.24, 2.45) is 11.8 Å². The van der Waals surface area contributed by atoms with Gasteiger partial charge in [-0.15, -0.1) is 11.3 Å². The predicted molar refractivity (Wildman–Crippen MR) is 105 cm³/mol. The summed E-state index contributed by atoms with van der Waals surface area (Å²) in [6.07, 6.45) is 5.90. The minimum atomic E-state index is 0.571. The summed E-state index contributed by atoms with van der Waals surface area (Å²) in [7, 11) is 0. The summed E-state index contributed by atoms with van der Waals surface area (Å²) in [6, 6.07) is 0. The van der Waals surface area contributed by atoms with Crippen LogP contribution in [0.2, 0.25) is 0 Å². The van der Waals surface area contributed by atoms with E-state index in [1.54, 1.807) is 17.6 Å². The maximum absolute atomic E-state index is 5.09. The van der Waals surface area contributed by atoms with E-state index in [4.69, 9.17) is 4.42 Å². The molecule has 2 aromatic rings. The van der Waals surface area contributed by atoms with Gasteiger partial charge in [-0.3, -0.25) is 0 Å². The van der Waals surface area contributed by atoms with Gasteiger partial charge in [-0.2, -0.15) is 0 Å². The van der Waals surface area contributed by atoms with Gasteiger partial charge in [-0.05, 0) is 44.8 Å². The van der Waals surface area contributed by atoms with E-state index in [9.17, 15) is 0 Å². The molecule has 0 bridgehead atoms. The molecule has 0 unspecified atom stereocenters. The molecule has 0 saturated carbocycles. The quantitative estimate of drug-likeness (QED) is 0.630. The van der Waals surface area contributed by atoms with Gasteiger partial charge in [0.25, 0.3) is 0 Å². The Balaban J connectivity index is 0.000000240. The van der Waals surface area contributed by atoms with Crippen LogP contribution in [0.5, 0.6) is 0 Å². The van der Waals surface area contributed by atoms with Gasteiger partial charge in [0.2, 0.25) is 0 Å². The first kappa shape index (κ1) is 20.4. The highest BCUT2D eigenvalue weighted by Crippen LogP contribution is 2.15. The normalized spacial score (nSPS) is 12.6. The van der Waals surface area contributed by atoms with Gasteiger partial charge < -0.3 is 4.42 Å². The Bertz CT molecular complexity index is 630. The van der Waals surface area contributed by atoms with Crippen molar-refractivity contribution in [2.45, 2.75) is 55.4 Å². The minimum absolute atomic E-state index is 0.571. The van der Waals surface area contributed by atoms with E-state index in [0.717, 1.165) is 22.3 Å². The largest absolute Gasteiger partial charge is 0.449 e. The van der Waals surface area contributed by atoms with E-state index in [0.29, 0.717) is 11.8 Å². The number of hydrogen-bond donors (Lipinski definition) is 0. The summed E-state index contributed by atoms with van der Waals surface area (Å²) in [6.45, 7) is 16.9. The van der Waals surface area contributed by atoms with Crippen molar-refractivity contribution in [3.8, 4) is 0 Å². The second-order valence-electron chi connectivity index (χ2n) is 6.67. The van der Waals surface area contributed by atoms with Crippen LogP contribution in [0.4, 0.5) is 0 Å². The Labute approximate surface area is 150 Å². The monoisotopic (exact) mass is 346 g/mol. The van der Waals surface area contributed by atoms with E-state index < -0.39 is 0 Å². The molecule has 0 aliphatic carbocycles. The molecule has 0 fully saturated rings. The first-order chi connectivity index (χ1) is 11.2. The maximum Gasteiger partial charge on any atom is 0.191 e. The molecule has 0 aliphatic heterocycles. The van der Waals surface area contributed by atoms with Crippen molar-refractivity contribution >= 4 is 23.5 Å². The number of nitrogens with zero attached hydrogens (tertiary/aromatic N) is 2. The van der Waals surface area contributed by atoms with Crippen molar-refractivity contribution in [2.75, 3.05) is 0 Å². The van der Waals surface area contributed by atoms with Crippen LogP contribution in [0.25, 0.3) is 12.2 Å². The van der Waals surface area contributed by atoms with Crippen LogP contribution in [0.1, 0.15) is 63.8 Å². The zero-order valence-corrected chi connectivity index (χ0v) is 17.0. The highest BCUT2D eigenvalue weighted by Gasteiger charge is 2.00. The topological polar surface area (TPSA) is 38.9 Å². The van der Waals surface area contributed by atoms with E-state index in [1.165, 1.54) is 11.1 Å². The third kappa shape index (κ3) is 7.26. The Morgan fingerprint density at radius 3 is 1.88 bits per heavy atom. The Morgan fingerprint density at radius 1 is 0.958 bits per heavy atom. The summed E-state index contributed by atoms with van der Waals surface area (Å²) >= 11 is 1.70. The van der Waals surface area contributed by atoms with Crippen molar-refractivity contribution in [3.05, 3.63) is 45.1 Å². The Kier molecular flexibility index (Phi) is 8.13. The average Bonchev–Trinajstić information content (AvgIpc) is 3.08. The van der Waals surface area contributed by atoms with Gasteiger partial charge in [0.15, 0.2) is 5.89 Å². The van der Waals surface area contributed by atoms with Crippen LogP contribution in [0, 0.1) is 25.7 Å². The fourth-order valence-electron chi connectivity index (χ4n) is 1.69. The van der Waals surface area contributed by atoms with Crippen molar-refractivity contribution in [1.82, 2.24) is 9.97 Å². The number of oxazole rings is 1. The van der Waals surface area contributed by atoms with E-state index in [2.05, 4.69) is 69.0 Å². The zero-order valence-electron chi connectivity index (χ0n) is 16.2. The van der Waals surface area contributed by atoms with E-state index in [-0.39, 0.29) is 0 Å².